The summed E-state index contributed by atoms with van der Waals surface area (Å²) in [5.41, 5.74) is 1.84. The van der Waals surface area contributed by atoms with Crippen molar-refractivity contribution in [1.29, 1.82) is 0 Å². The molecule has 0 saturated heterocycles. The summed E-state index contributed by atoms with van der Waals surface area (Å²) >= 11 is 6.36. The van der Waals surface area contributed by atoms with Crippen LogP contribution >= 0.6 is 11.6 Å². The molecule has 1 unspecified atom stereocenters. The Hall–Kier alpha value is -2.80. The van der Waals surface area contributed by atoms with Gasteiger partial charge in [-0.05, 0) is 68.7 Å². The Bertz CT molecular complexity index is 1030. The average molecular weight is 422 g/mol. The first-order chi connectivity index (χ1) is 13.8. The number of nitrogens with zero attached hydrogens (tertiary/aromatic N) is 2. The smallest absolute Gasteiger partial charge is 0.256 e. The van der Waals surface area contributed by atoms with Gasteiger partial charge in [-0.15, -0.1) is 0 Å². The molecule has 1 amide bonds. The topological polar surface area (TPSA) is 46.9 Å². The molecule has 4 nitrogen and oxygen atoms in total. The molecular formula is C21H19ClF3N3O. The Kier molecular flexibility index (Phi) is 6.27. The van der Waals surface area contributed by atoms with E-state index in [1.54, 1.807) is 6.92 Å². The van der Waals surface area contributed by atoms with Crippen molar-refractivity contribution in [2.24, 2.45) is 0 Å². The molecule has 0 aliphatic rings. The van der Waals surface area contributed by atoms with Gasteiger partial charge < -0.3 is 5.32 Å². The van der Waals surface area contributed by atoms with Crippen LogP contribution in [0.15, 0.2) is 42.5 Å². The summed E-state index contributed by atoms with van der Waals surface area (Å²) in [6.45, 7) is 3.47. The molecule has 29 heavy (non-hydrogen) atoms. The minimum absolute atomic E-state index is 0.124. The molecule has 152 valence electrons. The maximum Gasteiger partial charge on any atom is 0.256 e. The molecule has 0 aliphatic heterocycles. The molecule has 1 aromatic heterocycles. The number of halogens is 4. The maximum atomic E-state index is 13.3. The van der Waals surface area contributed by atoms with E-state index in [2.05, 4.69) is 10.4 Å². The number of aryl methyl sites for hydroxylation is 2. The molecule has 3 rings (SSSR count). The molecule has 0 radical (unpaired) electrons. The van der Waals surface area contributed by atoms with Gasteiger partial charge in [0, 0.05) is 6.04 Å². The van der Waals surface area contributed by atoms with Crippen molar-refractivity contribution in [2.45, 2.75) is 32.7 Å². The lowest BCUT2D eigenvalue weighted by Crippen LogP contribution is -2.33. The van der Waals surface area contributed by atoms with Gasteiger partial charge in [-0.25, -0.2) is 17.9 Å². The van der Waals surface area contributed by atoms with E-state index in [1.807, 2.05) is 6.92 Å². The number of carbonyl (C=O) groups is 1. The van der Waals surface area contributed by atoms with Crippen molar-refractivity contribution >= 4 is 17.5 Å². The number of amides is 1. The third kappa shape index (κ3) is 4.79. The number of nitrogens with one attached hydrogen (secondary N) is 1. The van der Waals surface area contributed by atoms with E-state index < -0.39 is 17.5 Å². The number of carbonyl (C=O) groups excluding carboxylic acids is 1. The molecule has 0 fully saturated rings. The molecule has 3 aromatic rings. The lowest BCUT2D eigenvalue weighted by molar-refractivity contribution is 0.0938. The summed E-state index contributed by atoms with van der Waals surface area (Å²) in [6, 6.07) is 9.10. The van der Waals surface area contributed by atoms with Crippen molar-refractivity contribution in [2.75, 3.05) is 0 Å². The number of hydrogen-bond donors (Lipinski definition) is 1. The zero-order valence-corrected chi connectivity index (χ0v) is 16.6. The highest BCUT2D eigenvalue weighted by Gasteiger charge is 2.22. The average Bonchev–Trinajstić information content (AvgIpc) is 2.97. The maximum absolute atomic E-state index is 13.3. The standard InChI is InChI=1S/C21H19ClF3N3O/c1-12(3-4-14-5-10-17(24)18(25)11-14)26-21(29)19-13(2)27-28(20(19)22)16-8-6-15(23)7-9-16/h5-12H,3-4H2,1-2H3,(H,26,29). The fourth-order valence-corrected chi connectivity index (χ4v) is 3.31. The van der Waals surface area contributed by atoms with E-state index in [4.69, 9.17) is 11.6 Å². The third-order valence-corrected chi connectivity index (χ3v) is 4.88. The fourth-order valence-electron chi connectivity index (χ4n) is 2.96. The summed E-state index contributed by atoms with van der Waals surface area (Å²) in [5, 5.41) is 7.24. The van der Waals surface area contributed by atoms with Crippen LogP contribution in [0.4, 0.5) is 13.2 Å². The van der Waals surface area contributed by atoms with Crippen LogP contribution in [0.3, 0.4) is 0 Å². The minimum Gasteiger partial charge on any atom is -0.349 e. The van der Waals surface area contributed by atoms with E-state index in [0.717, 1.165) is 12.1 Å². The van der Waals surface area contributed by atoms with Gasteiger partial charge in [0.2, 0.25) is 0 Å². The lowest BCUT2D eigenvalue weighted by Gasteiger charge is -2.14. The molecular weight excluding hydrogens is 403 g/mol. The largest absolute Gasteiger partial charge is 0.349 e. The molecule has 0 saturated carbocycles. The van der Waals surface area contributed by atoms with Crippen LogP contribution in [0.5, 0.6) is 0 Å². The molecule has 0 spiro atoms. The monoisotopic (exact) mass is 421 g/mol. The van der Waals surface area contributed by atoms with Crippen molar-refractivity contribution < 1.29 is 18.0 Å². The van der Waals surface area contributed by atoms with Gasteiger partial charge in [-0.3, -0.25) is 4.79 Å². The van der Waals surface area contributed by atoms with Crippen LogP contribution in [-0.2, 0) is 6.42 Å². The summed E-state index contributed by atoms with van der Waals surface area (Å²) in [5.74, 6) is -2.56. The summed E-state index contributed by atoms with van der Waals surface area (Å²) in [6.07, 6.45) is 1.000. The first-order valence-corrected chi connectivity index (χ1v) is 9.40. The molecule has 8 heteroatoms. The molecule has 2 aromatic carbocycles. The Morgan fingerprint density at radius 3 is 2.48 bits per heavy atom. The van der Waals surface area contributed by atoms with Crippen LogP contribution in [-0.4, -0.2) is 21.7 Å². The van der Waals surface area contributed by atoms with Crippen molar-refractivity contribution in [3.8, 4) is 5.69 Å². The van der Waals surface area contributed by atoms with E-state index in [1.165, 1.54) is 35.0 Å². The second-order valence-electron chi connectivity index (χ2n) is 6.80. The van der Waals surface area contributed by atoms with Crippen molar-refractivity contribution in [1.82, 2.24) is 15.1 Å². The Labute approximate surface area is 171 Å². The van der Waals surface area contributed by atoms with Crippen LogP contribution in [0.2, 0.25) is 5.15 Å². The van der Waals surface area contributed by atoms with Crippen LogP contribution in [0, 0.1) is 24.4 Å². The van der Waals surface area contributed by atoms with Crippen LogP contribution in [0.1, 0.15) is 35.0 Å². The molecule has 1 heterocycles. The summed E-state index contributed by atoms with van der Waals surface area (Å²) in [4.78, 5) is 12.7. The van der Waals surface area contributed by atoms with Gasteiger partial charge in [0.15, 0.2) is 11.6 Å². The van der Waals surface area contributed by atoms with E-state index in [-0.39, 0.29) is 22.6 Å². The molecule has 0 bridgehead atoms. The third-order valence-electron chi connectivity index (χ3n) is 4.53. The number of hydrogen-bond acceptors (Lipinski definition) is 2. The van der Waals surface area contributed by atoms with Gasteiger partial charge in [-0.2, -0.15) is 5.10 Å². The predicted molar refractivity (Wildman–Crippen MR) is 105 cm³/mol. The quantitative estimate of drug-likeness (QED) is 0.608. The first kappa shape index (κ1) is 20.9. The first-order valence-electron chi connectivity index (χ1n) is 9.02. The number of aromatic nitrogens is 2. The van der Waals surface area contributed by atoms with Crippen molar-refractivity contribution in [3.63, 3.8) is 0 Å². The minimum atomic E-state index is -0.894. The van der Waals surface area contributed by atoms with Gasteiger partial charge in [0.25, 0.3) is 5.91 Å². The Balaban J connectivity index is 1.68. The molecule has 1 N–H and O–H groups in total. The van der Waals surface area contributed by atoms with E-state index >= 15 is 0 Å². The highest BCUT2D eigenvalue weighted by Crippen LogP contribution is 2.24. The van der Waals surface area contributed by atoms with E-state index in [0.29, 0.717) is 29.8 Å². The SMILES string of the molecule is Cc1nn(-c2ccc(F)cc2)c(Cl)c1C(=O)NC(C)CCc1ccc(F)c(F)c1. The fraction of sp³-hybridized carbons (Fsp3) is 0.238. The molecule has 0 aliphatic carbocycles. The van der Waals surface area contributed by atoms with Crippen molar-refractivity contribution in [3.05, 3.63) is 81.9 Å². The summed E-state index contributed by atoms with van der Waals surface area (Å²) in [7, 11) is 0. The highest BCUT2D eigenvalue weighted by molar-refractivity contribution is 6.33. The summed E-state index contributed by atoms with van der Waals surface area (Å²) < 4.78 is 40.8. The highest BCUT2D eigenvalue weighted by atomic mass is 35.5. The van der Waals surface area contributed by atoms with Gasteiger partial charge in [-0.1, -0.05) is 17.7 Å². The van der Waals surface area contributed by atoms with E-state index in [9.17, 15) is 18.0 Å². The Morgan fingerprint density at radius 1 is 1.14 bits per heavy atom. The zero-order valence-electron chi connectivity index (χ0n) is 15.8. The van der Waals surface area contributed by atoms with Gasteiger partial charge in [0.1, 0.15) is 11.0 Å². The van der Waals surface area contributed by atoms with Gasteiger partial charge >= 0.3 is 0 Å². The number of rotatable bonds is 6. The second-order valence-corrected chi connectivity index (χ2v) is 7.16. The molecule has 1 atom stereocenters. The van der Waals surface area contributed by atoms with Crippen LogP contribution in [0.25, 0.3) is 5.69 Å². The Morgan fingerprint density at radius 2 is 1.83 bits per heavy atom. The van der Waals surface area contributed by atoms with Crippen LogP contribution < -0.4 is 5.32 Å². The van der Waals surface area contributed by atoms with Gasteiger partial charge in [0.05, 0.1) is 16.9 Å². The lowest BCUT2D eigenvalue weighted by atomic mass is 10.1. The normalized spacial score (nSPS) is 12.1. The second kappa shape index (κ2) is 8.69. The zero-order chi connectivity index (χ0) is 21.1. The number of benzene rings is 2. The predicted octanol–water partition coefficient (Wildman–Crippen LogP) is 5.00.